The highest BCUT2D eigenvalue weighted by atomic mass is 19.1. The highest BCUT2D eigenvalue weighted by molar-refractivity contribution is 6.00. The predicted molar refractivity (Wildman–Crippen MR) is 247 cm³/mol. The Morgan fingerprint density at radius 2 is 1.03 bits per heavy atom. The predicted octanol–water partition coefficient (Wildman–Crippen LogP) is 12.7. The van der Waals surface area contributed by atoms with Gasteiger partial charge in [0.15, 0.2) is 0 Å². The van der Waals surface area contributed by atoms with E-state index in [9.17, 15) is 13.9 Å². The number of benzene rings is 5. The second-order valence-corrected chi connectivity index (χ2v) is 16.6. The van der Waals surface area contributed by atoms with Crippen molar-refractivity contribution in [1.82, 2.24) is 9.97 Å². The Morgan fingerprint density at radius 1 is 0.597 bits per heavy atom. The van der Waals surface area contributed by atoms with Crippen LogP contribution in [0.25, 0.3) is 44.1 Å². The number of nitriles is 1. The van der Waals surface area contributed by atoms with E-state index in [0.717, 1.165) is 92.8 Å². The maximum absolute atomic E-state index is 13.8. The smallest absolute Gasteiger partial charge is 0.123 e. The normalized spacial score (nSPS) is 15.1. The van der Waals surface area contributed by atoms with E-state index >= 15 is 0 Å². The van der Waals surface area contributed by atoms with Gasteiger partial charge in [-0.15, -0.1) is 0 Å². The van der Waals surface area contributed by atoms with Crippen molar-refractivity contribution >= 4 is 33.2 Å². The zero-order valence-corrected chi connectivity index (χ0v) is 36.0. The first-order valence-electron chi connectivity index (χ1n) is 21.8. The molecule has 0 amide bonds. The number of aliphatic hydroxyl groups is 1. The van der Waals surface area contributed by atoms with E-state index in [-0.39, 0.29) is 17.7 Å². The molecule has 0 spiro atoms. The Hall–Kier alpha value is -6.37. The van der Waals surface area contributed by atoms with Crippen LogP contribution in [0.2, 0.25) is 0 Å². The lowest BCUT2D eigenvalue weighted by molar-refractivity contribution is 0.199. The Bertz CT molecular complexity index is 2720. The van der Waals surface area contributed by atoms with Crippen molar-refractivity contribution in [2.45, 2.75) is 78.4 Å². The molecule has 0 aliphatic carbocycles. The number of aromatic nitrogens is 2. The summed E-state index contributed by atoms with van der Waals surface area (Å²) in [6.07, 6.45) is 6.45. The van der Waals surface area contributed by atoms with E-state index in [1.165, 1.54) is 74.2 Å². The lowest BCUT2D eigenvalue weighted by Gasteiger charge is -2.29. The van der Waals surface area contributed by atoms with E-state index in [1.807, 2.05) is 45.0 Å². The topological polar surface area (TPSA) is 85.5 Å². The third kappa shape index (κ3) is 9.12. The number of hydrogen-bond donors (Lipinski definition) is 1. The Balaban J connectivity index is 0.000000176. The summed E-state index contributed by atoms with van der Waals surface area (Å²) in [6.45, 7) is 11.9. The first kappa shape index (κ1) is 42.3. The molecule has 2 aromatic heterocycles. The molecule has 0 radical (unpaired) electrons. The fourth-order valence-corrected chi connectivity index (χ4v) is 9.21. The number of fused-ring (bicyclic) bond motifs is 2. The summed E-state index contributed by atoms with van der Waals surface area (Å²) in [6, 6.07) is 35.3. The molecule has 2 saturated heterocycles. The molecule has 7 nitrogen and oxygen atoms in total. The Labute approximate surface area is 363 Å². The van der Waals surface area contributed by atoms with Gasteiger partial charge >= 0.3 is 0 Å². The van der Waals surface area contributed by atoms with Crippen molar-refractivity contribution in [2.75, 3.05) is 36.0 Å². The van der Waals surface area contributed by atoms with Gasteiger partial charge in [0.05, 0.1) is 28.8 Å². The van der Waals surface area contributed by atoms with Gasteiger partial charge in [0.1, 0.15) is 23.5 Å². The van der Waals surface area contributed by atoms with Crippen molar-refractivity contribution in [2.24, 2.45) is 0 Å². The number of ether oxygens (including phenoxy) is 1. The van der Waals surface area contributed by atoms with Gasteiger partial charge in [0, 0.05) is 70.8 Å². The standard InChI is InChI=1S/C30H28FN3O.C23H25FN2O/c1-20-29(21(2)35-26-13-6-22(19-32)7-14-26)30(23-8-10-24(31)11-9-23)27-18-25(12-15-28(27)33-20)34-16-4-3-5-17-34;1-15-22(16(2)27)23(17-6-8-18(24)9-7-17)20-14-19(10-11-21(20)25-15)26-12-4-3-5-13-26/h6-15,18,21H,3-5,16-17H2,1-2H3;6-11,14,16,27H,3-5,12-13H2,1-2H3. The molecular weight excluding hydrogens is 777 g/mol. The van der Waals surface area contributed by atoms with Gasteiger partial charge in [-0.1, -0.05) is 24.3 Å². The molecule has 2 aliphatic rings. The molecule has 62 heavy (non-hydrogen) atoms. The van der Waals surface area contributed by atoms with E-state index in [4.69, 9.17) is 20.0 Å². The van der Waals surface area contributed by atoms with Crippen LogP contribution in [0.15, 0.2) is 109 Å². The van der Waals surface area contributed by atoms with Crippen LogP contribution in [0.3, 0.4) is 0 Å². The highest BCUT2D eigenvalue weighted by Crippen LogP contribution is 2.41. The molecular formula is C53H53F2N5O2. The van der Waals surface area contributed by atoms with Crippen LogP contribution in [-0.2, 0) is 0 Å². The van der Waals surface area contributed by atoms with Crippen LogP contribution < -0.4 is 14.5 Å². The van der Waals surface area contributed by atoms with E-state index < -0.39 is 6.10 Å². The van der Waals surface area contributed by atoms with E-state index in [0.29, 0.717) is 11.3 Å². The van der Waals surface area contributed by atoms with Crippen LogP contribution in [-0.4, -0.2) is 41.3 Å². The summed E-state index contributed by atoms with van der Waals surface area (Å²) in [5.74, 6) is 0.158. The summed E-state index contributed by atoms with van der Waals surface area (Å²) in [5, 5.41) is 21.6. The van der Waals surface area contributed by atoms with Crippen LogP contribution in [0, 0.1) is 36.8 Å². The minimum Gasteiger partial charge on any atom is -0.486 e. The minimum atomic E-state index is -0.652. The largest absolute Gasteiger partial charge is 0.486 e. The molecule has 1 N–H and O–H groups in total. The lowest BCUT2D eigenvalue weighted by atomic mass is 9.91. The highest BCUT2D eigenvalue weighted by Gasteiger charge is 2.23. The van der Waals surface area contributed by atoms with Crippen molar-refractivity contribution in [3.05, 3.63) is 149 Å². The Kier molecular flexibility index (Phi) is 12.8. The number of halogens is 2. The van der Waals surface area contributed by atoms with Crippen molar-refractivity contribution in [3.63, 3.8) is 0 Å². The summed E-state index contributed by atoms with van der Waals surface area (Å²) in [5.41, 5.74) is 12.1. The number of nitrogens with zero attached hydrogens (tertiary/aromatic N) is 5. The quantitative estimate of drug-likeness (QED) is 0.163. The second-order valence-electron chi connectivity index (χ2n) is 16.6. The molecule has 2 aliphatic heterocycles. The summed E-state index contributed by atoms with van der Waals surface area (Å²) < 4.78 is 33.7. The number of pyridine rings is 2. The van der Waals surface area contributed by atoms with Crippen molar-refractivity contribution < 1.29 is 18.6 Å². The van der Waals surface area contributed by atoms with E-state index in [1.54, 1.807) is 31.2 Å². The molecule has 5 aromatic carbocycles. The summed E-state index contributed by atoms with van der Waals surface area (Å²) in [7, 11) is 0. The van der Waals surface area contributed by atoms with Gasteiger partial charge < -0.3 is 19.6 Å². The van der Waals surface area contributed by atoms with Gasteiger partial charge in [-0.2, -0.15) is 5.26 Å². The number of aliphatic hydroxyl groups excluding tert-OH is 1. The fourth-order valence-electron chi connectivity index (χ4n) is 9.21. The molecule has 4 heterocycles. The van der Waals surface area contributed by atoms with Crippen LogP contribution >= 0.6 is 0 Å². The van der Waals surface area contributed by atoms with Crippen LogP contribution in [0.5, 0.6) is 5.75 Å². The van der Waals surface area contributed by atoms with Crippen LogP contribution in [0.4, 0.5) is 20.2 Å². The fraction of sp³-hybridized carbons (Fsp3) is 0.302. The number of anilines is 2. The van der Waals surface area contributed by atoms with Crippen molar-refractivity contribution in [1.29, 1.82) is 5.26 Å². The SMILES string of the molecule is Cc1nc2ccc(N3CCCCC3)cc2c(-c2ccc(F)cc2)c1C(C)O.Cc1nc2ccc(N3CCCCC3)cc2c(-c2ccc(F)cc2)c1C(C)Oc1ccc(C#N)cc1. The molecule has 2 unspecified atom stereocenters. The Morgan fingerprint density at radius 3 is 1.47 bits per heavy atom. The maximum atomic E-state index is 13.8. The summed E-state index contributed by atoms with van der Waals surface area (Å²) >= 11 is 0. The number of piperidine rings is 2. The number of hydrogen-bond acceptors (Lipinski definition) is 7. The van der Waals surface area contributed by atoms with Gasteiger partial charge in [-0.25, -0.2) is 8.78 Å². The molecule has 2 atom stereocenters. The van der Waals surface area contributed by atoms with Gasteiger partial charge in [-0.3, -0.25) is 9.97 Å². The molecule has 9 rings (SSSR count). The third-order valence-corrected chi connectivity index (χ3v) is 12.2. The van der Waals surface area contributed by atoms with Crippen LogP contribution in [0.1, 0.15) is 92.7 Å². The third-order valence-electron chi connectivity index (χ3n) is 12.2. The molecule has 7 aromatic rings. The molecule has 9 heteroatoms. The van der Waals surface area contributed by atoms with Gasteiger partial charge in [0.25, 0.3) is 0 Å². The zero-order valence-electron chi connectivity index (χ0n) is 36.0. The zero-order chi connectivity index (χ0) is 43.3. The van der Waals surface area contributed by atoms with Gasteiger partial charge in [0.2, 0.25) is 0 Å². The average Bonchev–Trinajstić information content (AvgIpc) is 3.29. The molecule has 0 bridgehead atoms. The molecule has 0 saturated carbocycles. The van der Waals surface area contributed by atoms with E-state index in [2.05, 4.69) is 52.3 Å². The average molecular weight is 830 g/mol. The van der Waals surface area contributed by atoms with Crippen molar-refractivity contribution in [3.8, 4) is 34.1 Å². The number of rotatable bonds is 8. The second kappa shape index (κ2) is 18.7. The van der Waals surface area contributed by atoms with Gasteiger partial charge in [-0.05, 0) is 173 Å². The summed E-state index contributed by atoms with van der Waals surface area (Å²) in [4.78, 5) is 14.5. The lowest BCUT2D eigenvalue weighted by Crippen LogP contribution is -2.29. The molecule has 2 fully saturated rings. The first-order valence-corrected chi connectivity index (χ1v) is 21.8. The maximum Gasteiger partial charge on any atom is 0.123 e. The molecule has 316 valence electrons. The minimum absolute atomic E-state index is 0.263. The number of aryl methyl sites for hydroxylation is 2. The first-order chi connectivity index (χ1) is 30.1. The monoisotopic (exact) mass is 829 g/mol.